The highest BCUT2D eigenvalue weighted by molar-refractivity contribution is 5.55. The molecule has 32 heavy (non-hydrogen) atoms. The Labute approximate surface area is 189 Å². The molecule has 1 atom stereocenters. The van der Waals surface area contributed by atoms with Crippen LogP contribution in [0.15, 0.2) is 47.2 Å². The van der Waals surface area contributed by atoms with E-state index < -0.39 is 16.6 Å². The Kier molecular flexibility index (Phi) is 5.48. The first kappa shape index (κ1) is 22.6. The van der Waals surface area contributed by atoms with Gasteiger partial charge in [-0.2, -0.15) is 4.98 Å². The summed E-state index contributed by atoms with van der Waals surface area (Å²) in [5, 5.41) is 26.4. The van der Waals surface area contributed by atoms with E-state index in [2.05, 4.69) is 60.0 Å². The second kappa shape index (κ2) is 7.76. The fourth-order valence-electron chi connectivity index (χ4n) is 4.69. The van der Waals surface area contributed by atoms with Gasteiger partial charge in [0.25, 0.3) is 5.89 Å². The number of rotatable bonds is 6. The fraction of sp³-hybridized carbons (Fsp3) is 0.480. The van der Waals surface area contributed by atoms with Crippen molar-refractivity contribution in [2.75, 3.05) is 20.1 Å². The first-order chi connectivity index (χ1) is 14.9. The van der Waals surface area contributed by atoms with Gasteiger partial charge < -0.3 is 19.6 Å². The van der Waals surface area contributed by atoms with Gasteiger partial charge in [-0.15, -0.1) is 0 Å². The van der Waals surface area contributed by atoms with Crippen molar-refractivity contribution < 1.29 is 14.7 Å². The zero-order chi connectivity index (χ0) is 23.3. The fourth-order valence-corrected chi connectivity index (χ4v) is 4.69. The molecule has 1 aromatic carbocycles. The quantitative estimate of drug-likeness (QED) is 0.609. The van der Waals surface area contributed by atoms with Crippen molar-refractivity contribution in [3.05, 3.63) is 65.2 Å². The number of pyridine rings is 1. The third-order valence-corrected chi connectivity index (χ3v) is 6.48. The lowest BCUT2D eigenvalue weighted by atomic mass is 9.62. The first-order valence-corrected chi connectivity index (χ1v) is 11.0. The van der Waals surface area contributed by atoms with E-state index in [1.807, 2.05) is 18.2 Å². The van der Waals surface area contributed by atoms with Gasteiger partial charge in [0.05, 0.1) is 5.56 Å². The minimum atomic E-state index is -1.25. The molecule has 7 heteroatoms. The van der Waals surface area contributed by atoms with Crippen LogP contribution in [-0.4, -0.2) is 50.4 Å². The molecule has 7 nitrogen and oxygen atoms in total. The molecular formula is C25H32N4O3. The topological polar surface area (TPSA) is 95.5 Å². The van der Waals surface area contributed by atoms with Gasteiger partial charge in [0.15, 0.2) is 0 Å². The number of hydrogen-bond donors (Lipinski definition) is 2. The van der Waals surface area contributed by atoms with Crippen LogP contribution in [0, 0.1) is 5.41 Å². The minimum absolute atomic E-state index is 0.199. The summed E-state index contributed by atoms with van der Waals surface area (Å²) in [6.07, 6.45) is 3.33. The molecule has 1 aliphatic rings. The smallest absolute Gasteiger partial charge is 0.259 e. The molecule has 0 bridgehead atoms. The zero-order valence-electron chi connectivity index (χ0n) is 19.6. The molecule has 170 valence electrons. The summed E-state index contributed by atoms with van der Waals surface area (Å²) in [6, 6.07) is 10.1. The third kappa shape index (κ3) is 3.74. The standard InChI is InChI=1S/C25H32N4O3/c1-16(2)17-7-9-19(10-8-17)25(31,24(5)14-29(6)15-24)20-11-18(12-26-13-20)21-27-22(28-32-21)23(3,4)30/h7-13,16,30-31H,14-15H2,1-6H3. The lowest BCUT2D eigenvalue weighted by molar-refractivity contribution is -0.127. The van der Waals surface area contributed by atoms with Gasteiger partial charge in [-0.1, -0.05) is 50.2 Å². The largest absolute Gasteiger partial charge is 0.382 e. The number of hydrogen-bond acceptors (Lipinski definition) is 7. The van der Waals surface area contributed by atoms with E-state index >= 15 is 0 Å². The summed E-state index contributed by atoms with van der Waals surface area (Å²) in [5.74, 6) is 0.866. The Balaban J connectivity index is 1.80. The summed E-state index contributed by atoms with van der Waals surface area (Å²) in [6.45, 7) is 11.1. The molecule has 3 aromatic rings. The van der Waals surface area contributed by atoms with Crippen molar-refractivity contribution in [2.45, 2.75) is 51.7 Å². The maximum absolute atomic E-state index is 12.3. The molecule has 1 unspecified atom stereocenters. The van der Waals surface area contributed by atoms with Gasteiger partial charge in [0, 0.05) is 36.5 Å². The van der Waals surface area contributed by atoms with Crippen molar-refractivity contribution in [2.24, 2.45) is 5.41 Å². The second-order valence-electron chi connectivity index (χ2n) is 10.2. The maximum Gasteiger partial charge on any atom is 0.259 e. The monoisotopic (exact) mass is 436 g/mol. The summed E-state index contributed by atoms with van der Waals surface area (Å²) in [5.41, 5.74) is 0.467. The molecule has 3 heterocycles. The van der Waals surface area contributed by atoms with Crippen molar-refractivity contribution in [3.63, 3.8) is 0 Å². The number of aromatic nitrogens is 3. The van der Waals surface area contributed by atoms with Crippen molar-refractivity contribution in [3.8, 4) is 11.5 Å². The number of likely N-dealkylation sites (tertiary alicyclic amines) is 1. The van der Waals surface area contributed by atoms with E-state index in [4.69, 9.17) is 4.52 Å². The van der Waals surface area contributed by atoms with Crippen LogP contribution >= 0.6 is 0 Å². The van der Waals surface area contributed by atoms with Crippen LogP contribution in [0.5, 0.6) is 0 Å². The van der Waals surface area contributed by atoms with E-state index in [1.165, 1.54) is 5.56 Å². The van der Waals surface area contributed by atoms with Crippen molar-refractivity contribution >= 4 is 0 Å². The maximum atomic E-state index is 12.3. The molecule has 0 radical (unpaired) electrons. The predicted molar refractivity (Wildman–Crippen MR) is 122 cm³/mol. The average molecular weight is 437 g/mol. The molecule has 0 aliphatic carbocycles. The van der Waals surface area contributed by atoms with Crippen LogP contribution in [-0.2, 0) is 11.2 Å². The molecule has 1 saturated heterocycles. The highest BCUT2D eigenvalue weighted by Crippen LogP contribution is 2.50. The Morgan fingerprint density at radius 1 is 1.06 bits per heavy atom. The van der Waals surface area contributed by atoms with Gasteiger partial charge in [0.1, 0.15) is 11.2 Å². The summed E-state index contributed by atoms with van der Waals surface area (Å²) in [7, 11) is 2.05. The Morgan fingerprint density at radius 3 is 2.25 bits per heavy atom. The van der Waals surface area contributed by atoms with Crippen LogP contribution in [0.3, 0.4) is 0 Å². The van der Waals surface area contributed by atoms with Gasteiger partial charge in [-0.3, -0.25) is 4.98 Å². The van der Waals surface area contributed by atoms with E-state index in [-0.39, 0.29) is 11.7 Å². The zero-order valence-corrected chi connectivity index (χ0v) is 19.6. The number of aliphatic hydroxyl groups is 2. The second-order valence-corrected chi connectivity index (χ2v) is 10.2. The van der Waals surface area contributed by atoms with E-state index in [1.54, 1.807) is 26.2 Å². The van der Waals surface area contributed by atoms with Gasteiger partial charge in [-0.05, 0) is 44.0 Å². The summed E-state index contributed by atoms with van der Waals surface area (Å²) >= 11 is 0. The first-order valence-electron chi connectivity index (χ1n) is 11.0. The molecule has 1 aliphatic heterocycles. The van der Waals surface area contributed by atoms with Gasteiger partial charge in [0.2, 0.25) is 5.82 Å². The predicted octanol–water partition coefficient (Wildman–Crippen LogP) is 3.67. The normalized spacial score (nSPS) is 18.4. The van der Waals surface area contributed by atoms with E-state index in [9.17, 15) is 10.2 Å². The van der Waals surface area contributed by atoms with Gasteiger partial charge >= 0.3 is 0 Å². The van der Waals surface area contributed by atoms with E-state index in [0.717, 1.165) is 18.7 Å². The molecule has 0 saturated carbocycles. The molecular weight excluding hydrogens is 404 g/mol. The Morgan fingerprint density at radius 2 is 1.72 bits per heavy atom. The molecule has 1 fully saturated rings. The number of nitrogens with zero attached hydrogens (tertiary/aromatic N) is 4. The molecule has 0 spiro atoms. The molecule has 4 rings (SSSR count). The van der Waals surface area contributed by atoms with Crippen LogP contribution in [0.1, 0.15) is 63.1 Å². The van der Waals surface area contributed by atoms with Crippen molar-refractivity contribution in [1.29, 1.82) is 0 Å². The van der Waals surface area contributed by atoms with Crippen LogP contribution in [0.4, 0.5) is 0 Å². The van der Waals surface area contributed by atoms with Crippen molar-refractivity contribution in [1.82, 2.24) is 20.0 Å². The average Bonchev–Trinajstić information content (AvgIpc) is 3.23. The Bertz CT molecular complexity index is 1090. The van der Waals surface area contributed by atoms with Gasteiger partial charge in [-0.25, -0.2) is 0 Å². The minimum Gasteiger partial charge on any atom is -0.382 e. The SMILES string of the molecule is CC(C)c1ccc(C(O)(c2cncc(-c3nc(C(C)(C)O)no3)c2)C2(C)CN(C)C2)cc1. The highest BCUT2D eigenvalue weighted by Gasteiger charge is 2.55. The summed E-state index contributed by atoms with van der Waals surface area (Å²) < 4.78 is 5.38. The third-order valence-electron chi connectivity index (χ3n) is 6.48. The van der Waals surface area contributed by atoms with Crippen LogP contribution in [0.25, 0.3) is 11.5 Å². The molecule has 2 N–H and O–H groups in total. The van der Waals surface area contributed by atoms with Crippen LogP contribution < -0.4 is 0 Å². The lowest BCUT2D eigenvalue weighted by Gasteiger charge is -2.55. The van der Waals surface area contributed by atoms with E-state index in [0.29, 0.717) is 17.0 Å². The summed E-state index contributed by atoms with van der Waals surface area (Å²) in [4.78, 5) is 10.9. The molecule has 2 aromatic heterocycles. The lowest BCUT2D eigenvalue weighted by Crippen LogP contribution is -2.63. The van der Waals surface area contributed by atoms with Crippen LogP contribution in [0.2, 0.25) is 0 Å². The molecule has 0 amide bonds. The number of benzene rings is 1. The highest BCUT2D eigenvalue weighted by atomic mass is 16.5. The Hall–Kier alpha value is -2.61.